The molecule has 4 atom stereocenters. The lowest BCUT2D eigenvalue weighted by Gasteiger charge is -2.38. The first-order chi connectivity index (χ1) is 18.6. The largest absolute Gasteiger partial charge is 0.394 e. The first-order valence-electron chi connectivity index (χ1n) is 11.9. The Bertz CT molecular complexity index is 1560. The number of halogens is 3. The van der Waals surface area contributed by atoms with Gasteiger partial charge in [0.2, 0.25) is 0 Å². The van der Waals surface area contributed by atoms with Crippen LogP contribution in [-0.4, -0.2) is 66.8 Å². The molecule has 10 nitrogen and oxygen atoms in total. The highest BCUT2D eigenvalue weighted by Crippen LogP contribution is 2.33. The van der Waals surface area contributed by atoms with E-state index in [-0.39, 0.29) is 33.8 Å². The minimum absolute atomic E-state index is 0.154. The van der Waals surface area contributed by atoms with Crippen molar-refractivity contribution < 1.29 is 23.7 Å². The summed E-state index contributed by atoms with van der Waals surface area (Å²) >= 11 is 4.40. The molecule has 4 aromatic rings. The maximum absolute atomic E-state index is 14.1. The zero-order chi connectivity index (χ0) is 27.8. The number of nitrogens with zero attached hydrogens (tertiary/aromatic N) is 6. The number of nitrogens with two attached hydrogens (primary N) is 1. The van der Waals surface area contributed by atoms with Crippen molar-refractivity contribution in [3.63, 3.8) is 0 Å². The lowest BCUT2D eigenvalue weighted by Crippen LogP contribution is -2.50. The van der Waals surface area contributed by atoms with Gasteiger partial charge in [0.25, 0.3) is 0 Å². The van der Waals surface area contributed by atoms with Crippen molar-refractivity contribution in [1.29, 1.82) is 0 Å². The Hall–Kier alpha value is -3.17. The van der Waals surface area contributed by atoms with Crippen molar-refractivity contribution in [2.75, 3.05) is 6.61 Å². The standard InChI is InChI=1S/C25H24BrF2N7O3S/c1-11(29)30-25(32-14-3-4-17-22(7-14)39-12(2)31-17)20-8-19(24(37)21(10-36)38-20)35-9-18(33-34-35)13-5-15(27)23(26)16(28)6-13/h3-7,9,19-21,24,36-37H,8,10H2,1-2H3,(H2,29,30,32). The van der Waals surface area contributed by atoms with Crippen LogP contribution in [0.1, 0.15) is 24.4 Å². The van der Waals surface area contributed by atoms with Gasteiger partial charge < -0.3 is 20.7 Å². The van der Waals surface area contributed by atoms with E-state index in [0.29, 0.717) is 5.69 Å². The van der Waals surface area contributed by atoms with E-state index in [9.17, 15) is 19.0 Å². The minimum Gasteiger partial charge on any atom is -0.394 e. The number of hydrogen-bond acceptors (Lipinski definition) is 8. The molecule has 0 bridgehead atoms. The van der Waals surface area contributed by atoms with E-state index in [1.807, 2.05) is 25.1 Å². The number of aliphatic hydroxyl groups is 2. The second-order valence-electron chi connectivity index (χ2n) is 9.09. The van der Waals surface area contributed by atoms with Crippen molar-refractivity contribution in [2.24, 2.45) is 15.7 Å². The van der Waals surface area contributed by atoms with E-state index < -0.39 is 42.6 Å². The lowest BCUT2D eigenvalue weighted by molar-refractivity contribution is -0.137. The fraction of sp³-hybridized carbons (Fsp3) is 0.320. The molecule has 0 amide bonds. The molecule has 2 aromatic carbocycles. The average molecular weight is 620 g/mol. The van der Waals surface area contributed by atoms with Crippen LogP contribution < -0.4 is 5.73 Å². The van der Waals surface area contributed by atoms with Gasteiger partial charge in [-0.2, -0.15) is 0 Å². The maximum atomic E-state index is 14.1. The predicted molar refractivity (Wildman–Crippen MR) is 147 cm³/mol. The van der Waals surface area contributed by atoms with Crippen molar-refractivity contribution in [2.45, 2.75) is 44.6 Å². The second-order valence-corrected chi connectivity index (χ2v) is 11.1. The molecule has 0 spiro atoms. The van der Waals surface area contributed by atoms with Crippen LogP contribution in [0, 0.1) is 18.6 Å². The summed E-state index contributed by atoms with van der Waals surface area (Å²) in [5.41, 5.74) is 7.76. The summed E-state index contributed by atoms with van der Waals surface area (Å²) in [6.07, 6.45) is -1.31. The lowest BCUT2D eigenvalue weighted by atomic mass is 9.95. The number of ether oxygens (including phenoxy) is 1. The van der Waals surface area contributed by atoms with Gasteiger partial charge >= 0.3 is 0 Å². The zero-order valence-electron chi connectivity index (χ0n) is 20.8. The number of rotatable bonds is 5. The van der Waals surface area contributed by atoms with E-state index >= 15 is 0 Å². The Kier molecular flexibility index (Phi) is 7.82. The highest BCUT2D eigenvalue weighted by atomic mass is 79.9. The SMILES string of the molecule is CC(N)=NC(=Nc1ccc2nc(C)sc2c1)C1CC(n2cc(-c3cc(F)c(Br)c(F)c3)nn2)C(O)C(CO)O1. The first kappa shape index (κ1) is 27.4. The topological polar surface area (TPSA) is 144 Å². The Morgan fingerprint density at radius 3 is 2.72 bits per heavy atom. The Balaban J connectivity index is 1.49. The predicted octanol–water partition coefficient (Wildman–Crippen LogP) is 4.06. The number of aryl methyl sites for hydroxylation is 1. The van der Waals surface area contributed by atoms with Crippen LogP contribution in [0.2, 0.25) is 0 Å². The third kappa shape index (κ3) is 5.75. The number of thiazole rings is 1. The molecular formula is C25H24BrF2N7O3S. The fourth-order valence-electron chi connectivity index (χ4n) is 4.39. The van der Waals surface area contributed by atoms with E-state index in [0.717, 1.165) is 27.4 Å². The van der Waals surface area contributed by atoms with Crippen LogP contribution in [-0.2, 0) is 4.74 Å². The zero-order valence-corrected chi connectivity index (χ0v) is 23.2. The van der Waals surface area contributed by atoms with Crippen LogP contribution >= 0.6 is 27.3 Å². The third-order valence-corrected chi connectivity index (χ3v) is 7.87. The summed E-state index contributed by atoms with van der Waals surface area (Å²) in [6.45, 7) is 3.06. The second kappa shape index (κ2) is 11.1. The summed E-state index contributed by atoms with van der Waals surface area (Å²) in [5.74, 6) is -1.07. The van der Waals surface area contributed by atoms with Crippen molar-refractivity contribution in [3.05, 3.63) is 57.6 Å². The van der Waals surface area contributed by atoms with Crippen LogP contribution in [0.15, 0.2) is 51.0 Å². The Morgan fingerprint density at radius 2 is 2.03 bits per heavy atom. The van der Waals surface area contributed by atoms with Gasteiger partial charge in [-0.1, -0.05) is 5.21 Å². The van der Waals surface area contributed by atoms with Gasteiger partial charge in [0, 0.05) is 12.0 Å². The molecule has 3 heterocycles. The monoisotopic (exact) mass is 619 g/mol. The summed E-state index contributed by atoms with van der Waals surface area (Å²) < 4.78 is 36.2. The van der Waals surface area contributed by atoms with E-state index in [2.05, 4.69) is 36.2 Å². The molecule has 0 aliphatic carbocycles. The molecule has 5 rings (SSSR count). The van der Waals surface area contributed by atoms with Crippen LogP contribution in [0.25, 0.3) is 21.5 Å². The van der Waals surface area contributed by atoms with Gasteiger partial charge in [0.1, 0.15) is 35.6 Å². The molecule has 4 unspecified atom stereocenters. The van der Waals surface area contributed by atoms with Crippen LogP contribution in [0.3, 0.4) is 0 Å². The number of aromatic nitrogens is 4. The molecular weight excluding hydrogens is 596 g/mol. The molecule has 4 N–H and O–H groups in total. The van der Waals surface area contributed by atoms with Gasteiger partial charge in [-0.15, -0.1) is 16.4 Å². The average Bonchev–Trinajstić information content (AvgIpc) is 3.52. The van der Waals surface area contributed by atoms with Gasteiger partial charge in [-0.05, 0) is 60.1 Å². The van der Waals surface area contributed by atoms with Crippen molar-refractivity contribution in [3.8, 4) is 11.3 Å². The third-order valence-electron chi connectivity index (χ3n) is 6.18. The van der Waals surface area contributed by atoms with E-state index in [4.69, 9.17) is 15.5 Å². The smallest absolute Gasteiger partial charge is 0.159 e. The molecule has 1 aliphatic heterocycles. The van der Waals surface area contributed by atoms with Crippen molar-refractivity contribution in [1.82, 2.24) is 20.0 Å². The number of aliphatic hydroxyl groups excluding tert-OH is 2. The van der Waals surface area contributed by atoms with Gasteiger partial charge in [0.05, 0.1) is 50.1 Å². The van der Waals surface area contributed by atoms with Crippen molar-refractivity contribution >= 4 is 54.8 Å². The Morgan fingerprint density at radius 1 is 1.28 bits per heavy atom. The molecule has 1 saturated heterocycles. The molecule has 2 aromatic heterocycles. The Labute approximate surface area is 234 Å². The van der Waals surface area contributed by atoms with Crippen LogP contribution in [0.5, 0.6) is 0 Å². The maximum Gasteiger partial charge on any atom is 0.159 e. The summed E-state index contributed by atoms with van der Waals surface area (Å²) in [6, 6.07) is 7.10. The van der Waals surface area contributed by atoms with Crippen LogP contribution in [0.4, 0.5) is 14.5 Å². The normalized spacial score (nSPS) is 22.5. The summed E-state index contributed by atoms with van der Waals surface area (Å²) in [4.78, 5) is 13.6. The summed E-state index contributed by atoms with van der Waals surface area (Å²) in [7, 11) is 0. The highest BCUT2D eigenvalue weighted by Gasteiger charge is 2.41. The molecule has 204 valence electrons. The number of amidine groups is 2. The number of fused-ring (bicyclic) bond motifs is 1. The molecule has 1 fully saturated rings. The molecule has 1 aliphatic rings. The minimum atomic E-state index is -1.17. The quantitative estimate of drug-likeness (QED) is 0.173. The van der Waals surface area contributed by atoms with E-state index in [1.54, 1.807) is 18.3 Å². The van der Waals surface area contributed by atoms with E-state index in [1.165, 1.54) is 10.9 Å². The molecule has 0 saturated carbocycles. The first-order valence-corrected chi connectivity index (χ1v) is 13.5. The van der Waals surface area contributed by atoms with Gasteiger partial charge in [0.15, 0.2) is 5.84 Å². The number of hydrogen-bond donors (Lipinski definition) is 3. The summed E-state index contributed by atoms with van der Waals surface area (Å²) in [5, 5.41) is 30.0. The molecule has 39 heavy (non-hydrogen) atoms. The number of aliphatic imine (C=N–C) groups is 2. The molecule has 14 heteroatoms. The molecule has 0 radical (unpaired) electrons. The number of benzene rings is 2. The van der Waals surface area contributed by atoms with Gasteiger partial charge in [-0.3, -0.25) is 0 Å². The highest BCUT2D eigenvalue weighted by molar-refractivity contribution is 9.10. The fourth-order valence-corrected chi connectivity index (χ4v) is 5.48. The van der Waals surface area contributed by atoms with Gasteiger partial charge in [-0.25, -0.2) is 28.4 Å².